The van der Waals surface area contributed by atoms with Crippen LogP contribution in [0.3, 0.4) is 0 Å². The van der Waals surface area contributed by atoms with E-state index >= 15 is 0 Å². The second-order valence-electron chi connectivity index (χ2n) is 6.96. The molecule has 2 aliphatic heterocycles. The van der Waals surface area contributed by atoms with E-state index in [9.17, 15) is 4.79 Å². The number of piperidine rings is 1. The number of para-hydroxylation sites is 2. The molecule has 2 aliphatic rings. The van der Waals surface area contributed by atoms with E-state index in [-0.39, 0.29) is 5.91 Å². The lowest BCUT2D eigenvalue weighted by Crippen LogP contribution is -2.38. The van der Waals surface area contributed by atoms with Crippen molar-refractivity contribution in [2.24, 2.45) is 5.92 Å². The van der Waals surface area contributed by atoms with E-state index in [1.54, 1.807) is 11.8 Å². The van der Waals surface area contributed by atoms with Crippen LogP contribution in [-0.4, -0.2) is 32.1 Å². The molecule has 0 bridgehead atoms. The average molecular weight is 368 g/mol. The second kappa shape index (κ2) is 8.14. The number of rotatable bonds is 5. The van der Waals surface area contributed by atoms with Crippen molar-refractivity contribution in [1.29, 1.82) is 0 Å². The van der Waals surface area contributed by atoms with E-state index < -0.39 is 0 Å². The summed E-state index contributed by atoms with van der Waals surface area (Å²) in [5.41, 5.74) is 2.39. The number of hydrogen-bond donors (Lipinski definition) is 2. The van der Waals surface area contributed by atoms with Gasteiger partial charge in [0, 0.05) is 29.3 Å². The maximum atomic E-state index is 12.4. The third-order valence-corrected chi connectivity index (χ3v) is 6.21. The summed E-state index contributed by atoms with van der Waals surface area (Å²) in [7, 11) is 0. The first-order valence-corrected chi connectivity index (χ1v) is 10.2. The number of nitrogens with one attached hydrogen (secondary N) is 2. The molecule has 2 heterocycles. The average Bonchev–Trinajstić information content (AvgIpc) is 2.70. The van der Waals surface area contributed by atoms with Gasteiger partial charge in [-0.2, -0.15) is 0 Å². The van der Waals surface area contributed by atoms with Gasteiger partial charge in [-0.05, 0) is 56.1 Å². The van der Waals surface area contributed by atoms with Crippen LogP contribution in [0.5, 0.6) is 0 Å². The van der Waals surface area contributed by atoms with Crippen molar-refractivity contribution in [3.05, 3.63) is 48.5 Å². The van der Waals surface area contributed by atoms with Crippen LogP contribution in [0, 0.1) is 5.92 Å². The molecule has 2 N–H and O–H groups in total. The van der Waals surface area contributed by atoms with Crippen LogP contribution in [0.25, 0.3) is 0 Å². The summed E-state index contributed by atoms with van der Waals surface area (Å²) in [6, 6.07) is 16.9. The van der Waals surface area contributed by atoms with Crippen molar-refractivity contribution in [3.63, 3.8) is 0 Å². The molecule has 1 amide bonds. The lowest BCUT2D eigenvalue weighted by molar-refractivity contribution is -0.121. The Morgan fingerprint density at radius 1 is 1.12 bits per heavy atom. The molecule has 4 nitrogen and oxygen atoms in total. The molecule has 0 aliphatic carbocycles. The predicted octanol–water partition coefficient (Wildman–Crippen LogP) is 3.80. The summed E-state index contributed by atoms with van der Waals surface area (Å²) in [5.74, 6) is 0.712. The van der Waals surface area contributed by atoms with Gasteiger partial charge in [0.25, 0.3) is 0 Å². The van der Waals surface area contributed by atoms with E-state index in [1.807, 2.05) is 0 Å². The summed E-state index contributed by atoms with van der Waals surface area (Å²) in [4.78, 5) is 17.2. The first kappa shape index (κ1) is 17.4. The lowest BCUT2D eigenvalue weighted by Gasteiger charge is -2.32. The molecule has 1 atom stereocenters. The molecular formula is C21H25N3OS. The van der Waals surface area contributed by atoms with Crippen LogP contribution < -0.4 is 15.5 Å². The fourth-order valence-corrected chi connectivity index (χ4v) is 4.78. The highest BCUT2D eigenvalue weighted by molar-refractivity contribution is 7.99. The number of nitrogens with zero attached hydrogens (tertiary/aromatic N) is 1. The van der Waals surface area contributed by atoms with Crippen LogP contribution in [0.2, 0.25) is 0 Å². The zero-order valence-electron chi connectivity index (χ0n) is 14.9. The van der Waals surface area contributed by atoms with Crippen molar-refractivity contribution in [2.45, 2.75) is 29.1 Å². The standard InChI is InChI=1S/C21H25N3OS/c25-21(23-15-16-6-5-12-22-14-16)11-13-24-17-7-1-3-9-19(17)26-20-10-4-2-8-18(20)24/h1-4,7-10,16,22H,5-6,11-15H2,(H,23,25). The molecule has 5 heteroatoms. The van der Waals surface area contributed by atoms with Gasteiger partial charge in [0.1, 0.15) is 0 Å². The van der Waals surface area contributed by atoms with E-state index in [1.165, 1.54) is 34.0 Å². The van der Waals surface area contributed by atoms with Gasteiger partial charge in [-0.1, -0.05) is 36.0 Å². The molecule has 0 saturated carbocycles. The van der Waals surface area contributed by atoms with E-state index in [0.717, 1.165) is 19.6 Å². The quantitative estimate of drug-likeness (QED) is 0.844. The number of anilines is 2. The Labute approximate surface area is 159 Å². The molecule has 2 aromatic rings. The monoisotopic (exact) mass is 367 g/mol. The van der Waals surface area contributed by atoms with E-state index in [0.29, 0.717) is 18.9 Å². The molecule has 4 rings (SSSR count). The number of amides is 1. The van der Waals surface area contributed by atoms with Gasteiger partial charge in [-0.3, -0.25) is 4.79 Å². The Hall–Kier alpha value is -1.98. The highest BCUT2D eigenvalue weighted by Crippen LogP contribution is 2.47. The molecule has 0 radical (unpaired) electrons. The fourth-order valence-electron chi connectivity index (χ4n) is 3.68. The highest BCUT2D eigenvalue weighted by Gasteiger charge is 2.23. The van der Waals surface area contributed by atoms with Gasteiger partial charge < -0.3 is 15.5 Å². The topological polar surface area (TPSA) is 44.4 Å². The molecule has 1 unspecified atom stereocenters. The fraction of sp³-hybridized carbons (Fsp3) is 0.381. The molecule has 1 fully saturated rings. The molecule has 26 heavy (non-hydrogen) atoms. The molecule has 2 aromatic carbocycles. The number of fused-ring (bicyclic) bond motifs is 2. The van der Waals surface area contributed by atoms with Crippen LogP contribution in [0.15, 0.2) is 58.3 Å². The maximum absolute atomic E-state index is 12.4. The molecule has 0 aromatic heterocycles. The van der Waals surface area contributed by atoms with Gasteiger partial charge in [0.15, 0.2) is 0 Å². The predicted molar refractivity (Wildman–Crippen MR) is 107 cm³/mol. The molecule has 1 saturated heterocycles. The molecule has 136 valence electrons. The molecule has 0 spiro atoms. The third-order valence-electron chi connectivity index (χ3n) is 5.08. The van der Waals surface area contributed by atoms with Crippen molar-refractivity contribution in [1.82, 2.24) is 10.6 Å². The summed E-state index contributed by atoms with van der Waals surface area (Å²) in [5, 5.41) is 6.53. The Balaban J connectivity index is 1.40. The second-order valence-corrected chi connectivity index (χ2v) is 8.04. The van der Waals surface area contributed by atoms with E-state index in [4.69, 9.17) is 0 Å². The Bertz CT molecular complexity index is 728. The lowest BCUT2D eigenvalue weighted by atomic mass is 10.00. The summed E-state index contributed by atoms with van der Waals surface area (Å²) in [6.07, 6.45) is 2.92. The van der Waals surface area contributed by atoms with Crippen molar-refractivity contribution in [2.75, 3.05) is 31.1 Å². The van der Waals surface area contributed by atoms with Crippen molar-refractivity contribution in [3.8, 4) is 0 Å². The van der Waals surface area contributed by atoms with Crippen LogP contribution >= 0.6 is 11.8 Å². The van der Waals surface area contributed by atoms with Gasteiger partial charge in [-0.15, -0.1) is 0 Å². The minimum Gasteiger partial charge on any atom is -0.356 e. The zero-order valence-corrected chi connectivity index (χ0v) is 15.7. The minimum absolute atomic E-state index is 0.142. The Kier molecular flexibility index (Phi) is 5.46. The van der Waals surface area contributed by atoms with E-state index in [2.05, 4.69) is 64.1 Å². The van der Waals surface area contributed by atoms with Gasteiger partial charge in [0.05, 0.1) is 11.4 Å². The zero-order chi connectivity index (χ0) is 17.8. The summed E-state index contributed by atoms with van der Waals surface area (Å²) < 4.78 is 0. The summed E-state index contributed by atoms with van der Waals surface area (Å²) >= 11 is 1.80. The smallest absolute Gasteiger partial charge is 0.221 e. The van der Waals surface area contributed by atoms with Crippen LogP contribution in [-0.2, 0) is 4.79 Å². The summed E-state index contributed by atoms with van der Waals surface area (Å²) in [6.45, 7) is 3.61. The molecular weight excluding hydrogens is 342 g/mol. The number of hydrogen-bond acceptors (Lipinski definition) is 4. The maximum Gasteiger partial charge on any atom is 0.221 e. The van der Waals surface area contributed by atoms with Crippen molar-refractivity contribution < 1.29 is 4.79 Å². The van der Waals surface area contributed by atoms with Gasteiger partial charge >= 0.3 is 0 Å². The van der Waals surface area contributed by atoms with Crippen LogP contribution in [0.1, 0.15) is 19.3 Å². The van der Waals surface area contributed by atoms with Gasteiger partial charge in [-0.25, -0.2) is 0 Å². The van der Waals surface area contributed by atoms with Gasteiger partial charge in [0.2, 0.25) is 5.91 Å². The van der Waals surface area contributed by atoms with Crippen molar-refractivity contribution >= 4 is 29.0 Å². The first-order valence-electron chi connectivity index (χ1n) is 9.42. The first-order chi connectivity index (χ1) is 12.8. The Morgan fingerprint density at radius 2 is 1.81 bits per heavy atom. The normalized spacial score (nSPS) is 18.8. The number of benzene rings is 2. The number of carbonyl (C=O) groups excluding carboxylic acids is 1. The van der Waals surface area contributed by atoms with Crippen LogP contribution in [0.4, 0.5) is 11.4 Å². The third kappa shape index (κ3) is 3.89. The minimum atomic E-state index is 0.142. The SMILES string of the molecule is O=C(CCN1c2ccccc2Sc2ccccc21)NCC1CCCNC1. The largest absolute Gasteiger partial charge is 0.356 e. The Morgan fingerprint density at radius 3 is 2.46 bits per heavy atom. The highest BCUT2D eigenvalue weighted by atomic mass is 32.2. The number of carbonyl (C=O) groups is 1.